The molecule has 0 aliphatic carbocycles. The van der Waals surface area contributed by atoms with Crippen molar-refractivity contribution in [3.05, 3.63) is 66.0 Å². The van der Waals surface area contributed by atoms with Gasteiger partial charge in [0.2, 0.25) is 5.95 Å². The van der Waals surface area contributed by atoms with Gasteiger partial charge in [0, 0.05) is 44.3 Å². The fourth-order valence-corrected chi connectivity index (χ4v) is 4.20. The van der Waals surface area contributed by atoms with E-state index in [1.807, 2.05) is 18.2 Å². The minimum atomic E-state index is 0.585. The number of ether oxygens (including phenoxy) is 1. The molecule has 3 heterocycles. The molecule has 0 saturated carbocycles. The molecule has 1 N–H and O–H groups in total. The first-order valence-corrected chi connectivity index (χ1v) is 11.1. The SMILES string of the molecule is COc1ccccc1N1CCN(c2nc(Nc3ccc(C)cc3C)c3nccnc3n2)CC1. The van der Waals surface area contributed by atoms with Gasteiger partial charge in [0.25, 0.3) is 0 Å². The van der Waals surface area contributed by atoms with Gasteiger partial charge in [0.15, 0.2) is 17.0 Å². The molecule has 1 fully saturated rings. The first-order valence-electron chi connectivity index (χ1n) is 11.1. The number of aryl methyl sites for hydroxylation is 2. The molecule has 4 aromatic rings. The van der Waals surface area contributed by atoms with Crippen LogP contribution in [0, 0.1) is 13.8 Å². The lowest BCUT2D eigenvalue weighted by Crippen LogP contribution is -2.47. The van der Waals surface area contributed by atoms with Crippen LogP contribution >= 0.6 is 0 Å². The predicted octanol–water partition coefficient (Wildman–Crippen LogP) is 4.12. The Labute approximate surface area is 193 Å². The van der Waals surface area contributed by atoms with E-state index in [2.05, 4.69) is 63.2 Å². The molecule has 0 atom stereocenters. The van der Waals surface area contributed by atoms with E-state index in [9.17, 15) is 0 Å². The third-order valence-electron chi connectivity index (χ3n) is 5.94. The Morgan fingerprint density at radius 3 is 2.42 bits per heavy atom. The Hall–Kier alpha value is -3.94. The second-order valence-electron chi connectivity index (χ2n) is 8.19. The van der Waals surface area contributed by atoms with Crippen molar-refractivity contribution in [2.24, 2.45) is 0 Å². The van der Waals surface area contributed by atoms with Crippen LogP contribution in [0.25, 0.3) is 11.2 Å². The van der Waals surface area contributed by atoms with Crippen molar-refractivity contribution in [3.8, 4) is 5.75 Å². The largest absolute Gasteiger partial charge is 0.495 e. The van der Waals surface area contributed by atoms with Crippen LogP contribution in [-0.4, -0.2) is 53.2 Å². The van der Waals surface area contributed by atoms with E-state index in [1.165, 1.54) is 5.56 Å². The minimum absolute atomic E-state index is 0.585. The highest BCUT2D eigenvalue weighted by atomic mass is 16.5. The Morgan fingerprint density at radius 2 is 1.64 bits per heavy atom. The summed E-state index contributed by atoms with van der Waals surface area (Å²) in [5.74, 6) is 2.22. The van der Waals surface area contributed by atoms with E-state index in [0.29, 0.717) is 22.9 Å². The molecule has 8 heteroatoms. The summed E-state index contributed by atoms with van der Waals surface area (Å²) in [7, 11) is 1.71. The number of hydrogen-bond donors (Lipinski definition) is 1. The van der Waals surface area contributed by atoms with Crippen molar-refractivity contribution in [2.75, 3.05) is 48.4 Å². The summed E-state index contributed by atoms with van der Waals surface area (Å²) in [4.78, 5) is 23.1. The normalized spacial score (nSPS) is 13.9. The molecular weight excluding hydrogens is 414 g/mol. The number of hydrogen-bond acceptors (Lipinski definition) is 8. The summed E-state index contributed by atoms with van der Waals surface area (Å²) in [6, 6.07) is 14.4. The van der Waals surface area contributed by atoms with Crippen LogP contribution in [0.4, 0.5) is 23.1 Å². The van der Waals surface area contributed by atoms with E-state index >= 15 is 0 Å². The molecule has 1 aliphatic rings. The maximum absolute atomic E-state index is 5.54. The molecule has 2 aromatic carbocycles. The highest BCUT2D eigenvalue weighted by molar-refractivity contribution is 5.86. The summed E-state index contributed by atoms with van der Waals surface area (Å²) >= 11 is 0. The Bertz CT molecular complexity index is 1280. The van der Waals surface area contributed by atoms with Crippen LogP contribution in [0.2, 0.25) is 0 Å². The summed E-state index contributed by atoms with van der Waals surface area (Å²) < 4.78 is 5.54. The predicted molar refractivity (Wildman–Crippen MR) is 132 cm³/mol. The van der Waals surface area contributed by atoms with Gasteiger partial charge in [-0.25, -0.2) is 9.97 Å². The lowest BCUT2D eigenvalue weighted by Gasteiger charge is -2.36. The van der Waals surface area contributed by atoms with Crippen molar-refractivity contribution in [2.45, 2.75) is 13.8 Å². The van der Waals surface area contributed by atoms with Crippen LogP contribution in [0.1, 0.15) is 11.1 Å². The molecule has 0 bridgehead atoms. The van der Waals surface area contributed by atoms with Crippen LogP contribution in [-0.2, 0) is 0 Å². The number of nitrogens with zero attached hydrogens (tertiary/aromatic N) is 6. The Balaban J connectivity index is 1.42. The fourth-order valence-electron chi connectivity index (χ4n) is 4.20. The maximum atomic E-state index is 5.54. The summed E-state index contributed by atoms with van der Waals surface area (Å²) in [6.45, 7) is 7.47. The van der Waals surface area contributed by atoms with Gasteiger partial charge >= 0.3 is 0 Å². The van der Waals surface area contributed by atoms with Crippen LogP contribution < -0.4 is 19.9 Å². The van der Waals surface area contributed by atoms with Gasteiger partial charge in [-0.15, -0.1) is 0 Å². The number of piperazine rings is 1. The van der Waals surface area contributed by atoms with Gasteiger partial charge in [0.05, 0.1) is 12.8 Å². The van der Waals surface area contributed by atoms with E-state index in [-0.39, 0.29) is 0 Å². The average molecular weight is 442 g/mol. The first-order chi connectivity index (χ1) is 16.1. The lowest BCUT2D eigenvalue weighted by atomic mass is 10.1. The third kappa shape index (κ3) is 4.24. The molecule has 0 spiro atoms. The Morgan fingerprint density at radius 1 is 0.879 bits per heavy atom. The van der Waals surface area contributed by atoms with E-state index in [1.54, 1.807) is 19.5 Å². The lowest BCUT2D eigenvalue weighted by molar-refractivity contribution is 0.413. The molecule has 0 radical (unpaired) electrons. The number of anilines is 4. The zero-order valence-electron chi connectivity index (χ0n) is 19.1. The molecule has 0 unspecified atom stereocenters. The second-order valence-corrected chi connectivity index (χ2v) is 8.19. The maximum Gasteiger partial charge on any atom is 0.229 e. The van der Waals surface area contributed by atoms with Gasteiger partial charge < -0.3 is 19.9 Å². The van der Waals surface area contributed by atoms with Crippen LogP contribution in [0.3, 0.4) is 0 Å². The smallest absolute Gasteiger partial charge is 0.229 e. The highest BCUT2D eigenvalue weighted by Gasteiger charge is 2.23. The summed E-state index contributed by atoms with van der Waals surface area (Å²) in [6.07, 6.45) is 3.34. The zero-order chi connectivity index (χ0) is 22.8. The quantitative estimate of drug-likeness (QED) is 0.496. The van der Waals surface area contributed by atoms with Crippen LogP contribution in [0.15, 0.2) is 54.9 Å². The topological polar surface area (TPSA) is 79.3 Å². The minimum Gasteiger partial charge on any atom is -0.495 e. The Kier molecular flexibility index (Phi) is 5.64. The molecule has 1 saturated heterocycles. The average Bonchev–Trinajstić information content (AvgIpc) is 2.85. The van der Waals surface area contributed by atoms with Crippen LogP contribution in [0.5, 0.6) is 5.75 Å². The van der Waals surface area contributed by atoms with Crippen molar-refractivity contribution in [1.29, 1.82) is 0 Å². The number of para-hydroxylation sites is 2. The van der Waals surface area contributed by atoms with E-state index in [4.69, 9.17) is 14.7 Å². The fraction of sp³-hybridized carbons (Fsp3) is 0.280. The molecule has 0 amide bonds. The summed E-state index contributed by atoms with van der Waals surface area (Å²) in [5.41, 5.74) is 5.73. The van der Waals surface area contributed by atoms with Gasteiger partial charge in [-0.2, -0.15) is 9.97 Å². The number of rotatable bonds is 5. The van der Waals surface area contributed by atoms with Crippen molar-refractivity contribution in [3.63, 3.8) is 0 Å². The van der Waals surface area contributed by atoms with Crippen molar-refractivity contribution >= 4 is 34.3 Å². The molecule has 33 heavy (non-hydrogen) atoms. The van der Waals surface area contributed by atoms with Crippen molar-refractivity contribution < 1.29 is 4.74 Å². The van der Waals surface area contributed by atoms with Gasteiger partial charge in [-0.1, -0.05) is 29.8 Å². The zero-order valence-corrected chi connectivity index (χ0v) is 19.1. The number of methoxy groups -OCH3 is 1. The van der Waals surface area contributed by atoms with Gasteiger partial charge in [-0.05, 0) is 37.6 Å². The first kappa shape index (κ1) is 20.9. The number of fused-ring (bicyclic) bond motifs is 1. The van der Waals surface area contributed by atoms with E-state index in [0.717, 1.165) is 48.9 Å². The summed E-state index contributed by atoms with van der Waals surface area (Å²) in [5, 5.41) is 3.46. The molecular formula is C25H27N7O. The van der Waals surface area contributed by atoms with Gasteiger partial charge in [-0.3, -0.25) is 0 Å². The molecule has 5 rings (SSSR count). The number of aromatic nitrogens is 4. The van der Waals surface area contributed by atoms with E-state index < -0.39 is 0 Å². The second kappa shape index (κ2) is 8.90. The number of benzene rings is 2. The molecule has 8 nitrogen and oxygen atoms in total. The third-order valence-corrected chi connectivity index (χ3v) is 5.94. The van der Waals surface area contributed by atoms with Gasteiger partial charge in [0.1, 0.15) is 5.75 Å². The molecule has 1 aliphatic heterocycles. The monoisotopic (exact) mass is 441 g/mol. The highest BCUT2D eigenvalue weighted by Crippen LogP contribution is 2.30. The molecule has 2 aromatic heterocycles. The number of nitrogens with one attached hydrogen (secondary N) is 1. The molecule has 168 valence electrons. The van der Waals surface area contributed by atoms with Crippen molar-refractivity contribution in [1.82, 2.24) is 19.9 Å². The standard InChI is InChI=1S/C25H27N7O/c1-17-8-9-19(18(2)16-17)28-24-22-23(27-11-10-26-22)29-25(30-24)32-14-12-31(13-15-32)20-6-4-5-7-21(20)33-3/h4-11,16H,12-15H2,1-3H3,(H,27,28,29,30).